The molecule has 1 aromatic heterocycles. The number of carbonyl (C=O) groups excluding carboxylic acids is 2. The largest absolute Gasteiger partial charge is 0.336 e. The van der Waals surface area contributed by atoms with Gasteiger partial charge in [0.05, 0.1) is 6.54 Å². The molecular weight excluding hydrogens is 290 g/mol. The van der Waals surface area contributed by atoms with Gasteiger partial charge >= 0.3 is 0 Å². The number of carbonyl (C=O) groups is 2. The molecule has 20 heavy (non-hydrogen) atoms. The van der Waals surface area contributed by atoms with Gasteiger partial charge in [-0.1, -0.05) is 30.0 Å². The Labute approximate surface area is 126 Å². The second-order valence-corrected chi connectivity index (χ2v) is 7.61. The van der Waals surface area contributed by atoms with Gasteiger partial charge in [0.25, 0.3) is 0 Å². The molecule has 5 heteroatoms. The number of thioether (sulfide) groups is 1. The molecule has 0 bridgehead atoms. The van der Waals surface area contributed by atoms with Crippen LogP contribution in [-0.2, 0) is 16.1 Å². The van der Waals surface area contributed by atoms with Crippen LogP contribution in [-0.4, -0.2) is 27.7 Å². The number of thiophene rings is 1. The van der Waals surface area contributed by atoms with E-state index in [4.69, 9.17) is 0 Å². The van der Waals surface area contributed by atoms with Crippen molar-refractivity contribution in [1.82, 2.24) is 4.90 Å². The van der Waals surface area contributed by atoms with Gasteiger partial charge in [0.1, 0.15) is 0 Å². The first-order chi connectivity index (χ1) is 9.61. The second kappa shape index (κ2) is 5.58. The summed E-state index contributed by atoms with van der Waals surface area (Å²) >= 11 is 3.02. The zero-order chi connectivity index (χ0) is 14.1. The molecule has 0 saturated carbocycles. The van der Waals surface area contributed by atoms with Crippen molar-refractivity contribution in [1.29, 1.82) is 0 Å². The van der Waals surface area contributed by atoms with E-state index in [1.54, 1.807) is 18.3 Å². The molecule has 1 atom stereocenters. The Morgan fingerprint density at radius 1 is 1.45 bits per heavy atom. The summed E-state index contributed by atoms with van der Waals surface area (Å²) in [5, 5.41) is 1.44. The van der Waals surface area contributed by atoms with E-state index >= 15 is 0 Å². The lowest BCUT2D eigenvalue weighted by atomic mass is 10.2. The number of hydrogen-bond acceptors (Lipinski definition) is 4. The molecule has 1 fully saturated rings. The first-order valence-corrected chi connectivity index (χ1v) is 8.24. The number of rotatable bonds is 3. The molecule has 1 aliphatic heterocycles. The van der Waals surface area contributed by atoms with Crippen LogP contribution in [0.1, 0.15) is 18.2 Å². The highest BCUT2D eigenvalue weighted by Gasteiger charge is 2.31. The molecule has 1 aromatic carbocycles. The first-order valence-electron chi connectivity index (χ1n) is 6.54. The highest BCUT2D eigenvalue weighted by molar-refractivity contribution is 8.14. The van der Waals surface area contributed by atoms with Gasteiger partial charge in [0.2, 0.25) is 5.91 Å². The van der Waals surface area contributed by atoms with Gasteiger partial charge in [0.15, 0.2) is 5.12 Å². The van der Waals surface area contributed by atoms with E-state index in [2.05, 4.69) is 18.2 Å². The van der Waals surface area contributed by atoms with Crippen LogP contribution in [0.4, 0.5) is 0 Å². The van der Waals surface area contributed by atoms with E-state index in [0.717, 1.165) is 0 Å². The van der Waals surface area contributed by atoms with Crippen LogP contribution in [0.3, 0.4) is 0 Å². The fraction of sp³-hybridized carbons (Fsp3) is 0.333. The highest BCUT2D eigenvalue weighted by Crippen LogP contribution is 2.29. The van der Waals surface area contributed by atoms with Gasteiger partial charge in [-0.15, -0.1) is 11.3 Å². The minimum atomic E-state index is 0.0894. The zero-order valence-electron chi connectivity index (χ0n) is 11.2. The Hall–Kier alpha value is -1.33. The van der Waals surface area contributed by atoms with Crippen LogP contribution in [0.5, 0.6) is 0 Å². The van der Waals surface area contributed by atoms with E-state index in [9.17, 15) is 9.59 Å². The van der Waals surface area contributed by atoms with Gasteiger partial charge in [-0.3, -0.25) is 9.59 Å². The number of nitrogens with zero attached hydrogens (tertiary/aromatic N) is 1. The lowest BCUT2D eigenvalue weighted by Gasteiger charge is -2.14. The Morgan fingerprint density at radius 3 is 3.00 bits per heavy atom. The molecule has 1 aliphatic rings. The Kier molecular flexibility index (Phi) is 3.81. The van der Waals surface area contributed by atoms with E-state index in [0.29, 0.717) is 19.5 Å². The average Bonchev–Trinajstić information content (AvgIpc) is 2.92. The summed E-state index contributed by atoms with van der Waals surface area (Å²) in [6, 6.07) is 10.4. The molecule has 1 amide bonds. The quantitative estimate of drug-likeness (QED) is 0.873. The fourth-order valence-electron chi connectivity index (χ4n) is 2.51. The van der Waals surface area contributed by atoms with Gasteiger partial charge < -0.3 is 4.90 Å². The lowest BCUT2D eigenvalue weighted by molar-refractivity contribution is -0.128. The molecule has 0 radical (unpaired) electrons. The first kappa shape index (κ1) is 13.6. The SMILES string of the molecule is CC(=O)SC1CC(=O)N(Cc2cc3ccccc3s2)C1. The van der Waals surface area contributed by atoms with E-state index in [1.165, 1.54) is 26.7 Å². The van der Waals surface area contributed by atoms with Crippen LogP contribution < -0.4 is 0 Å². The minimum absolute atomic E-state index is 0.0894. The second-order valence-electron chi connectivity index (χ2n) is 4.96. The Balaban J connectivity index is 1.71. The third-order valence-corrected chi connectivity index (χ3v) is 5.42. The lowest BCUT2D eigenvalue weighted by Crippen LogP contribution is -2.24. The van der Waals surface area contributed by atoms with Crippen molar-refractivity contribution in [3.63, 3.8) is 0 Å². The third kappa shape index (κ3) is 2.88. The summed E-state index contributed by atoms with van der Waals surface area (Å²) in [6.45, 7) is 2.90. The summed E-state index contributed by atoms with van der Waals surface area (Å²) in [6.07, 6.45) is 0.481. The molecule has 0 aliphatic carbocycles. The summed E-state index contributed by atoms with van der Waals surface area (Å²) in [5.74, 6) is 0.154. The van der Waals surface area contributed by atoms with Crippen LogP contribution in [0.2, 0.25) is 0 Å². The molecule has 0 spiro atoms. The maximum absolute atomic E-state index is 12.0. The van der Waals surface area contributed by atoms with Gasteiger partial charge in [-0.05, 0) is 17.5 Å². The number of likely N-dealkylation sites (tertiary alicyclic amines) is 1. The normalized spacial score (nSPS) is 18.9. The minimum Gasteiger partial charge on any atom is -0.336 e. The topological polar surface area (TPSA) is 37.4 Å². The number of fused-ring (bicyclic) bond motifs is 1. The molecular formula is C15H15NO2S2. The van der Waals surface area contributed by atoms with Crippen LogP contribution in [0.15, 0.2) is 30.3 Å². The maximum atomic E-state index is 12.0. The summed E-state index contributed by atoms with van der Waals surface area (Å²) in [7, 11) is 0. The van der Waals surface area contributed by atoms with Gasteiger partial charge in [-0.25, -0.2) is 0 Å². The fourth-order valence-corrected chi connectivity index (χ4v) is 4.54. The van der Waals surface area contributed by atoms with Crippen LogP contribution >= 0.6 is 23.1 Å². The number of benzene rings is 1. The predicted molar refractivity (Wildman–Crippen MR) is 83.9 cm³/mol. The van der Waals surface area contributed by atoms with Crippen molar-refractivity contribution in [2.45, 2.75) is 25.1 Å². The van der Waals surface area contributed by atoms with E-state index in [-0.39, 0.29) is 16.3 Å². The summed E-state index contributed by atoms with van der Waals surface area (Å²) in [5.41, 5.74) is 0. The molecule has 1 unspecified atom stereocenters. The van der Waals surface area contributed by atoms with Crippen LogP contribution in [0.25, 0.3) is 10.1 Å². The van der Waals surface area contributed by atoms with E-state index < -0.39 is 0 Å². The van der Waals surface area contributed by atoms with Crippen molar-refractivity contribution in [2.24, 2.45) is 0 Å². The highest BCUT2D eigenvalue weighted by atomic mass is 32.2. The molecule has 104 valence electrons. The van der Waals surface area contributed by atoms with Crippen LogP contribution in [0, 0.1) is 0 Å². The monoisotopic (exact) mass is 305 g/mol. The molecule has 2 heterocycles. The van der Waals surface area contributed by atoms with Crippen molar-refractivity contribution in [3.05, 3.63) is 35.2 Å². The smallest absolute Gasteiger partial charge is 0.224 e. The number of hydrogen-bond donors (Lipinski definition) is 0. The predicted octanol–water partition coefficient (Wildman–Crippen LogP) is 3.28. The zero-order valence-corrected chi connectivity index (χ0v) is 12.8. The van der Waals surface area contributed by atoms with Crippen molar-refractivity contribution >= 4 is 44.2 Å². The van der Waals surface area contributed by atoms with Crippen molar-refractivity contribution in [3.8, 4) is 0 Å². The number of amides is 1. The Morgan fingerprint density at radius 2 is 2.25 bits per heavy atom. The van der Waals surface area contributed by atoms with Gasteiger partial charge in [0, 0.05) is 34.7 Å². The molecule has 3 nitrogen and oxygen atoms in total. The standard InChI is InChI=1S/C15H15NO2S2/c1-10(17)19-13-7-15(18)16(9-13)8-12-6-11-4-2-3-5-14(11)20-12/h2-6,13H,7-9H2,1H3. The van der Waals surface area contributed by atoms with E-state index in [1.807, 2.05) is 17.0 Å². The molecule has 0 N–H and O–H groups in total. The van der Waals surface area contributed by atoms with Crippen molar-refractivity contribution < 1.29 is 9.59 Å². The van der Waals surface area contributed by atoms with Crippen molar-refractivity contribution in [2.75, 3.05) is 6.54 Å². The molecule has 1 saturated heterocycles. The molecule has 3 rings (SSSR count). The maximum Gasteiger partial charge on any atom is 0.224 e. The van der Waals surface area contributed by atoms with Gasteiger partial charge in [-0.2, -0.15) is 0 Å². The molecule has 2 aromatic rings. The summed E-state index contributed by atoms with van der Waals surface area (Å²) < 4.78 is 1.25. The third-order valence-electron chi connectivity index (χ3n) is 3.33. The average molecular weight is 305 g/mol. The summed E-state index contributed by atoms with van der Waals surface area (Å²) in [4.78, 5) is 26.2. The Bertz CT molecular complexity index is 632.